The Morgan fingerprint density at radius 3 is 2.25 bits per heavy atom. The number of halogens is 1. The third kappa shape index (κ3) is 3.57. The normalized spacial score (nSPS) is 10.7. The number of aromatic nitrogens is 3. The molecule has 0 aliphatic carbocycles. The zero-order chi connectivity index (χ0) is 14.7. The molecule has 0 amide bonds. The predicted octanol–water partition coefficient (Wildman–Crippen LogP) is 3.05. The molecule has 1 heterocycles. The zero-order valence-corrected chi connectivity index (χ0v) is 12.7. The average molecular weight is 293 g/mol. The molecule has 0 fully saturated rings. The summed E-state index contributed by atoms with van der Waals surface area (Å²) in [5.74, 6) is 0.506. The van der Waals surface area contributed by atoms with Crippen molar-refractivity contribution in [3.63, 3.8) is 0 Å². The Morgan fingerprint density at radius 2 is 1.70 bits per heavy atom. The largest absolute Gasteiger partial charge is 0.461 e. The summed E-state index contributed by atoms with van der Waals surface area (Å²) in [6, 6.07) is 8.12. The fourth-order valence-electron chi connectivity index (χ4n) is 1.63. The van der Waals surface area contributed by atoms with Crippen molar-refractivity contribution in [2.24, 2.45) is 0 Å². The maximum Gasteiger partial charge on any atom is 0.321 e. The molecule has 0 saturated carbocycles. The van der Waals surface area contributed by atoms with Crippen LogP contribution in [-0.4, -0.2) is 35.2 Å². The second kappa shape index (κ2) is 6.05. The van der Waals surface area contributed by atoms with Crippen LogP contribution in [0.25, 0.3) is 11.4 Å². The fraction of sp³-hybridized carbons (Fsp3) is 0.357. The van der Waals surface area contributed by atoms with Crippen molar-refractivity contribution < 1.29 is 4.74 Å². The average Bonchev–Trinajstić information content (AvgIpc) is 2.37. The lowest BCUT2D eigenvalue weighted by Crippen LogP contribution is -2.10. The summed E-state index contributed by atoms with van der Waals surface area (Å²) in [5, 5.41) is 0.127. The minimum atomic E-state index is -0.0163. The van der Waals surface area contributed by atoms with Crippen LogP contribution < -0.4 is 9.64 Å². The Kier molecular flexibility index (Phi) is 4.39. The van der Waals surface area contributed by atoms with E-state index in [1.54, 1.807) is 0 Å². The van der Waals surface area contributed by atoms with Gasteiger partial charge in [-0.15, -0.1) is 0 Å². The minimum absolute atomic E-state index is 0.0163. The lowest BCUT2D eigenvalue weighted by atomic mass is 10.2. The standard InChI is InChI=1S/C14H17ClN4O/c1-9(2)20-14-17-12(16-13(15)18-14)10-5-7-11(8-6-10)19(3)4/h5-9H,1-4H3. The monoisotopic (exact) mass is 292 g/mol. The maximum atomic E-state index is 5.91. The molecule has 0 spiro atoms. The van der Waals surface area contributed by atoms with E-state index >= 15 is 0 Å². The molecule has 0 bridgehead atoms. The van der Waals surface area contributed by atoms with Crippen LogP contribution in [0.3, 0.4) is 0 Å². The molecular weight excluding hydrogens is 276 g/mol. The molecule has 2 aromatic rings. The molecular formula is C14H17ClN4O. The van der Waals surface area contributed by atoms with Crippen molar-refractivity contribution in [2.75, 3.05) is 19.0 Å². The third-order valence-corrected chi connectivity index (χ3v) is 2.74. The van der Waals surface area contributed by atoms with Crippen molar-refractivity contribution in [1.29, 1.82) is 0 Å². The molecule has 0 radical (unpaired) electrons. The number of hydrogen-bond donors (Lipinski definition) is 0. The maximum absolute atomic E-state index is 5.91. The van der Waals surface area contributed by atoms with E-state index in [2.05, 4.69) is 15.0 Å². The van der Waals surface area contributed by atoms with Crippen LogP contribution in [0, 0.1) is 0 Å². The van der Waals surface area contributed by atoms with E-state index in [1.807, 2.05) is 57.1 Å². The van der Waals surface area contributed by atoms with Gasteiger partial charge in [-0.25, -0.2) is 0 Å². The van der Waals surface area contributed by atoms with E-state index < -0.39 is 0 Å². The Balaban J connectivity index is 2.34. The van der Waals surface area contributed by atoms with Gasteiger partial charge in [-0.1, -0.05) is 0 Å². The van der Waals surface area contributed by atoms with Crippen molar-refractivity contribution in [1.82, 2.24) is 15.0 Å². The Hall–Kier alpha value is -1.88. The Labute approximate surface area is 123 Å². The smallest absolute Gasteiger partial charge is 0.321 e. The van der Waals surface area contributed by atoms with Gasteiger partial charge in [0.25, 0.3) is 0 Å². The first-order valence-corrected chi connectivity index (χ1v) is 6.69. The molecule has 0 aliphatic heterocycles. The molecule has 6 heteroatoms. The van der Waals surface area contributed by atoms with Crippen LogP contribution in [0.15, 0.2) is 24.3 Å². The zero-order valence-electron chi connectivity index (χ0n) is 12.0. The molecule has 1 aromatic carbocycles. The molecule has 5 nitrogen and oxygen atoms in total. The number of nitrogens with zero attached hydrogens (tertiary/aromatic N) is 4. The second-order valence-electron chi connectivity index (χ2n) is 4.82. The van der Waals surface area contributed by atoms with Gasteiger partial charge in [0.15, 0.2) is 5.82 Å². The summed E-state index contributed by atoms with van der Waals surface area (Å²) in [5.41, 5.74) is 1.97. The highest BCUT2D eigenvalue weighted by atomic mass is 35.5. The van der Waals surface area contributed by atoms with Crippen molar-refractivity contribution in [2.45, 2.75) is 20.0 Å². The summed E-state index contributed by atoms with van der Waals surface area (Å²) >= 11 is 5.91. The lowest BCUT2D eigenvalue weighted by Gasteiger charge is -2.12. The van der Waals surface area contributed by atoms with E-state index in [0.29, 0.717) is 5.82 Å². The van der Waals surface area contributed by atoms with Gasteiger partial charge >= 0.3 is 6.01 Å². The molecule has 0 atom stereocenters. The van der Waals surface area contributed by atoms with E-state index in [9.17, 15) is 0 Å². The number of rotatable bonds is 4. The van der Waals surface area contributed by atoms with Gasteiger partial charge in [0, 0.05) is 25.3 Å². The molecule has 20 heavy (non-hydrogen) atoms. The fourth-order valence-corrected chi connectivity index (χ4v) is 1.79. The molecule has 1 aromatic heterocycles. The number of hydrogen-bond acceptors (Lipinski definition) is 5. The van der Waals surface area contributed by atoms with Crippen LogP contribution in [0.1, 0.15) is 13.8 Å². The minimum Gasteiger partial charge on any atom is -0.461 e. The molecule has 106 valence electrons. The highest BCUT2D eigenvalue weighted by Gasteiger charge is 2.09. The van der Waals surface area contributed by atoms with Gasteiger partial charge in [-0.3, -0.25) is 0 Å². The quantitative estimate of drug-likeness (QED) is 0.867. The van der Waals surface area contributed by atoms with E-state index in [-0.39, 0.29) is 17.4 Å². The van der Waals surface area contributed by atoms with Crippen LogP contribution >= 0.6 is 11.6 Å². The van der Waals surface area contributed by atoms with Crippen molar-refractivity contribution in [3.05, 3.63) is 29.5 Å². The van der Waals surface area contributed by atoms with E-state index in [1.165, 1.54) is 0 Å². The lowest BCUT2D eigenvalue weighted by molar-refractivity contribution is 0.222. The molecule has 0 unspecified atom stereocenters. The summed E-state index contributed by atoms with van der Waals surface area (Å²) < 4.78 is 5.46. The SMILES string of the molecule is CC(C)Oc1nc(Cl)nc(-c2ccc(N(C)C)cc2)n1. The highest BCUT2D eigenvalue weighted by molar-refractivity contribution is 6.28. The molecule has 2 rings (SSSR count). The summed E-state index contributed by atoms with van der Waals surface area (Å²) in [7, 11) is 3.98. The van der Waals surface area contributed by atoms with Gasteiger partial charge in [0.2, 0.25) is 5.28 Å². The third-order valence-electron chi connectivity index (χ3n) is 2.57. The van der Waals surface area contributed by atoms with Crippen molar-refractivity contribution in [3.8, 4) is 17.4 Å². The van der Waals surface area contributed by atoms with Gasteiger partial charge < -0.3 is 9.64 Å². The first-order chi connectivity index (χ1) is 9.45. The van der Waals surface area contributed by atoms with Gasteiger partial charge in [-0.05, 0) is 49.7 Å². The van der Waals surface area contributed by atoms with Crippen LogP contribution in [0.5, 0.6) is 6.01 Å². The van der Waals surface area contributed by atoms with Gasteiger partial charge in [0.05, 0.1) is 6.10 Å². The van der Waals surface area contributed by atoms with Crippen LogP contribution in [-0.2, 0) is 0 Å². The van der Waals surface area contributed by atoms with Gasteiger partial charge in [0.1, 0.15) is 0 Å². The van der Waals surface area contributed by atoms with E-state index in [4.69, 9.17) is 16.3 Å². The Bertz CT molecular complexity index is 584. The van der Waals surface area contributed by atoms with Crippen molar-refractivity contribution >= 4 is 17.3 Å². The summed E-state index contributed by atoms with van der Waals surface area (Å²) in [4.78, 5) is 14.4. The Morgan fingerprint density at radius 1 is 1.05 bits per heavy atom. The van der Waals surface area contributed by atoms with Crippen LogP contribution in [0.4, 0.5) is 5.69 Å². The molecule has 0 saturated heterocycles. The van der Waals surface area contributed by atoms with Gasteiger partial charge in [-0.2, -0.15) is 15.0 Å². The predicted molar refractivity (Wildman–Crippen MR) is 80.4 cm³/mol. The van der Waals surface area contributed by atoms with Crippen LogP contribution in [0.2, 0.25) is 5.28 Å². The molecule has 0 aliphatic rings. The van der Waals surface area contributed by atoms with E-state index in [0.717, 1.165) is 11.3 Å². The summed E-state index contributed by atoms with van der Waals surface area (Å²) in [6.45, 7) is 3.81. The number of benzene rings is 1. The highest BCUT2D eigenvalue weighted by Crippen LogP contribution is 2.22. The summed E-state index contributed by atoms with van der Waals surface area (Å²) in [6.07, 6.45) is -0.0163. The number of anilines is 1. The molecule has 0 N–H and O–H groups in total. The first-order valence-electron chi connectivity index (χ1n) is 6.31. The topological polar surface area (TPSA) is 51.1 Å². The first kappa shape index (κ1) is 14.5. The second-order valence-corrected chi connectivity index (χ2v) is 5.16. The number of ether oxygens (including phenoxy) is 1.